The number of guanidine groups is 1. The van der Waals surface area contributed by atoms with E-state index >= 15 is 0 Å². The summed E-state index contributed by atoms with van der Waals surface area (Å²) in [5.74, 6) is 2.61. The van der Waals surface area contributed by atoms with Gasteiger partial charge in [-0.1, -0.05) is 12.1 Å². The topological polar surface area (TPSA) is 46.1 Å². The first-order valence-corrected chi connectivity index (χ1v) is 8.27. The van der Waals surface area contributed by atoms with Crippen LogP contribution in [0.1, 0.15) is 24.0 Å². The molecule has 6 heteroatoms. The maximum Gasteiger partial charge on any atom is 0.193 e. The summed E-state index contributed by atoms with van der Waals surface area (Å²) >= 11 is 0. The average Bonchev–Trinajstić information content (AvgIpc) is 3.38. The molecule has 1 aliphatic rings. The summed E-state index contributed by atoms with van der Waals surface area (Å²) in [5, 5.41) is 3.38. The third kappa shape index (κ3) is 6.84. The Hall–Kier alpha value is -1.02. The number of ether oxygens (including phenoxy) is 2. The van der Waals surface area contributed by atoms with Crippen molar-refractivity contribution < 1.29 is 9.47 Å². The Balaban J connectivity index is 0.00000288. The molecule has 2 rings (SSSR count). The molecule has 0 atom stereocenters. The van der Waals surface area contributed by atoms with Crippen molar-refractivity contribution in [3.63, 3.8) is 0 Å². The molecule has 1 aromatic carbocycles. The zero-order valence-electron chi connectivity index (χ0n) is 15.2. The Kier molecular flexibility index (Phi) is 9.43. The summed E-state index contributed by atoms with van der Waals surface area (Å²) < 4.78 is 11.1. The van der Waals surface area contributed by atoms with E-state index in [2.05, 4.69) is 33.4 Å². The highest BCUT2D eigenvalue weighted by atomic mass is 127. The van der Waals surface area contributed by atoms with Crippen LogP contribution in [0.3, 0.4) is 0 Å². The fourth-order valence-electron chi connectivity index (χ4n) is 2.38. The first-order valence-electron chi connectivity index (χ1n) is 8.27. The van der Waals surface area contributed by atoms with Gasteiger partial charge in [0.2, 0.25) is 0 Å². The number of halogens is 1. The highest BCUT2D eigenvalue weighted by molar-refractivity contribution is 14.0. The smallest absolute Gasteiger partial charge is 0.193 e. The van der Waals surface area contributed by atoms with Gasteiger partial charge in [0.15, 0.2) is 5.96 Å². The minimum Gasteiger partial charge on any atom is -0.496 e. The summed E-state index contributed by atoms with van der Waals surface area (Å²) in [6.07, 6.45) is 2.66. The maximum atomic E-state index is 5.69. The average molecular weight is 447 g/mol. The lowest BCUT2D eigenvalue weighted by Crippen LogP contribution is -2.40. The van der Waals surface area contributed by atoms with Gasteiger partial charge in [-0.15, -0.1) is 24.0 Å². The van der Waals surface area contributed by atoms with Crippen LogP contribution in [0.2, 0.25) is 0 Å². The second-order valence-corrected chi connectivity index (χ2v) is 6.14. The summed E-state index contributed by atoms with van der Waals surface area (Å²) in [7, 11) is 5.54. The zero-order valence-corrected chi connectivity index (χ0v) is 17.5. The van der Waals surface area contributed by atoms with Crippen molar-refractivity contribution in [1.82, 2.24) is 10.2 Å². The number of rotatable bonds is 8. The van der Waals surface area contributed by atoms with Gasteiger partial charge in [-0.2, -0.15) is 0 Å². The second-order valence-electron chi connectivity index (χ2n) is 6.14. The molecule has 5 nitrogen and oxygen atoms in total. The van der Waals surface area contributed by atoms with E-state index in [1.165, 1.54) is 18.4 Å². The molecule has 1 fully saturated rings. The Labute approximate surface area is 162 Å². The molecule has 0 bridgehead atoms. The van der Waals surface area contributed by atoms with Crippen molar-refractivity contribution in [3.8, 4) is 5.75 Å². The first-order chi connectivity index (χ1) is 11.1. The van der Waals surface area contributed by atoms with E-state index in [-0.39, 0.29) is 24.0 Å². The van der Waals surface area contributed by atoms with Crippen molar-refractivity contribution in [2.75, 3.05) is 41.0 Å². The number of benzene rings is 1. The van der Waals surface area contributed by atoms with Crippen molar-refractivity contribution >= 4 is 29.9 Å². The lowest BCUT2D eigenvalue weighted by Gasteiger charge is -2.22. The molecule has 1 saturated carbocycles. The summed E-state index contributed by atoms with van der Waals surface area (Å²) in [6, 6.07) is 6.25. The number of nitrogens with one attached hydrogen (secondary N) is 1. The van der Waals surface area contributed by atoms with E-state index in [1.54, 1.807) is 14.2 Å². The Morgan fingerprint density at radius 1 is 1.38 bits per heavy atom. The van der Waals surface area contributed by atoms with Gasteiger partial charge in [0, 0.05) is 33.8 Å². The van der Waals surface area contributed by atoms with Crippen LogP contribution in [0.25, 0.3) is 0 Å². The molecular formula is C18H30IN3O2. The van der Waals surface area contributed by atoms with Crippen LogP contribution in [0.5, 0.6) is 5.75 Å². The Bertz CT molecular complexity index is 533. The largest absolute Gasteiger partial charge is 0.496 e. The Morgan fingerprint density at radius 3 is 2.75 bits per heavy atom. The van der Waals surface area contributed by atoms with Crippen LogP contribution in [-0.4, -0.2) is 51.8 Å². The quantitative estimate of drug-likeness (QED) is 0.288. The van der Waals surface area contributed by atoms with Crippen LogP contribution in [0.15, 0.2) is 23.2 Å². The predicted octanol–water partition coefficient (Wildman–Crippen LogP) is 3.06. The monoisotopic (exact) mass is 447 g/mol. The lowest BCUT2D eigenvalue weighted by atomic mass is 10.1. The van der Waals surface area contributed by atoms with Gasteiger partial charge in [0.25, 0.3) is 0 Å². The number of likely N-dealkylation sites (N-methyl/N-ethyl adjacent to an activating group) is 1. The molecule has 1 aromatic rings. The van der Waals surface area contributed by atoms with E-state index in [0.29, 0.717) is 0 Å². The minimum absolute atomic E-state index is 0. The van der Waals surface area contributed by atoms with Crippen molar-refractivity contribution in [2.45, 2.75) is 26.3 Å². The molecular weight excluding hydrogens is 417 g/mol. The van der Waals surface area contributed by atoms with Crippen molar-refractivity contribution in [1.29, 1.82) is 0 Å². The Morgan fingerprint density at radius 2 is 2.12 bits per heavy atom. The summed E-state index contributed by atoms with van der Waals surface area (Å²) in [5.41, 5.74) is 2.32. The van der Waals surface area contributed by atoms with E-state index in [4.69, 9.17) is 9.47 Å². The molecule has 0 amide bonds. The summed E-state index contributed by atoms with van der Waals surface area (Å²) in [6.45, 7) is 5.25. The van der Waals surface area contributed by atoms with E-state index in [0.717, 1.165) is 49.5 Å². The number of aryl methyl sites for hydroxylation is 1. The van der Waals surface area contributed by atoms with E-state index in [9.17, 15) is 0 Å². The van der Waals surface area contributed by atoms with Crippen LogP contribution in [0, 0.1) is 12.8 Å². The SMILES string of the molecule is CN=C(NCc1ccc(C)c(OC)c1)N(C)CCOCC1CC1.I. The summed E-state index contributed by atoms with van der Waals surface area (Å²) in [4.78, 5) is 6.43. The van der Waals surface area contributed by atoms with Crippen LogP contribution < -0.4 is 10.1 Å². The third-order valence-electron chi connectivity index (χ3n) is 4.12. The molecule has 0 heterocycles. The van der Waals surface area contributed by atoms with Gasteiger partial charge in [-0.3, -0.25) is 4.99 Å². The molecule has 0 unspecified atom stereocenters. The molecule has 0 radical (unpaired) electrons. The molecule has 24 heavy (non-hydrogen) atoms. The number of nitrogens with zero attached hydrogens (tertiary/aromatic N) is 2. The number of aliphatic imine (C=N–C) groups is 1. The molecule has 1 N–H and O–H groups in total. The molecule has 136 valence electrons. The highest BCUT2D eigenvalue weighted by Gasteiger charge is 2.21. The normalized spacial score (nSPS) is 14.1. The lowest BCUT2D eigenvalue weighted by molar-refractivity contribution is 0.115. The first kappa shape index (κ1) is 21.0. The maximum absolute atomic E-state index is 5.69. The van der Waals surface area contributed by atoms with Gasteiger partial charge in [-0.25, -0.2) is 0 Å². The number of hydrogen-bond acceptors (Lipinski definition) is 3. The molecule has 0 aliphatic heterocycles. The third-order valence-corrected chi connectivity index (χ3v) is 4.12. The van der Waals surface area contributed by atoms with Gasteiger partial charge in [0.1, 0.15) is 5.75 Å². The molecule has 0 spiro atoms. The van der Waals surface area contributed by atoms with Crippen molar-refractivity contribution in [3.05, 3.63) is 29.3 Å². The predicted molar refractivity (Wildman–Crippen MR) is 110 cm³/mol. The van der Waals surface area contributed by atoms with E-state index < -0.39 is 0 Å². The molecule has 0 saturated heterocycles. The fraction of sp³-hybridized carbons (Fsp3) is 0.611. The van der Waals surface area contributed by atoms with Crippen LogP contribution >= 0.6 is 24.0 Å². The van der Waals surface area contributed by atoms with Gasteiger partial charge >= 0.3 is 0 Å². The number of hydrogen-bond donors (Lipinski definition) is 1. The van der Waals surface area contributed by atoms with Gasteiger partial charge in [0.05, 0.1) is 13.7 Å². The minimum atomic E-state index is 0. The van der Waals surface area contributed by atoms with Crippen molar-refractivity contribution in [2.24, 2.45) is 10.9 Å². The van der Waals surface area contributed by atoms with Gasteiger partial charge in [-0.05, 0) is 42.9 Å². The standard InChI is InChI=1S/C18H29N3O2.HI/c1-14-5-6-16(11-17(14)22-4)12-20-18(19-2)21(3)9-10-23-13-15-7-8-15;/h5-6,11,15H,7-10,12-13H2,1-4H3,(H,19,20);1H. The van der Waals surface area contributed by atoms with Crippen LogP contribution in [-0.2, 0) is 11.3 Å². The number of methoxy groups -OCH3 is 1. The highest BCUT2D eigenvalue weighted by Crippen LogP contribution is 2.28. The fourth-order valence-corrected chi connectivity index (χ4v) is 2.38. The zero-order chi connectivity index (χ0) is 16.7. The van der Waals surface area contributed by atoms with Gasteiger partial charge < -0.3 is 19.7 Å². The second kappa shape index (κ2) is 10.8. The van der Waals surface area contributed by atoms with Crippen LogP contribution in [0.4, 0.5) is 0 Å². The van der Waals surface area contributed by atoms with E-state index in [1.807, 2.05) is 14.0 Å². The molecule has 0 aromatic heterocycles. The molecule has 1 aliphatic carbocycles.